The van der Waals surface area contributed by atoms with E-state index >= 15 is 0 Å². The lowest BCUT2D eigenvalue weighted by Crippen LogP contribution is -2.13. The molecule has 1 aromatic heterocycles. The van der Waals surface area contributed by atoms with Crippen LogP contribution in [0.2, 0.25) is 0 Å². The minimum Gasteiger partial charge on any atom is -0.485 e. The van der Waals surface area contributed by atoms with Gasteiger partial charge in [0.05, 0.1) is 5.41 Å². The van der Waals surface area contributed by atoms with E-state index < -0.39 is 10.1 Å². The second-order valence-corrected chi connectivity index (χ2v) is 5.41. The van der Waals surface area contributed by atoms with Crippen molar-refractivity contribution in [3.63, 3.8) is 0 Å². The fourth-order valence-electron chi connectivity index (χ4n) is 1.59. The number of aromatic nitrogens is 1. The van der Waals surface area contributed by atoms with Crippen LogP contribution in [-0.2, 0) is 10.1 Å². The molecule has 1 aromatic carbocycles. The molecule has 0 spiro atoms. The first-order valence-electron chi connectivity index (χ1n) is 6.17. The highest BCUT2D eigenvalue weighted by Gasteiger charge is 2.09. The maximum Gasteiger partial charge on any atom is 0.287 e. The molecule has 6 nitrogen and oxygen atoms in total. The summed E-state index contributed by atoms with van der Waals surface area (Å²) >= 11 is 0. The van der Waals surface area contributed by atoms with Crippen molar-refractivity contribution in [2.45, 2.75) is 0 Å². The molecule has 0 saturated heterocycles. The Hall–Kier alpha value is -2.25. The van der Waals surface area contributed by atoms with Gasteiger partial charge in [-0.25, -0.2) is 0 Å². The molecule has 0 bridgehead atoms. The van der Waals surface area contributed by atoms with E-state index in [4.69, 9.17) is 14.0 Å². The van der Waals surface area contributed by atoms with Crippen molar-refractivity contribution in [3.8, 4) is 11.5 Å². The highest BCUT2D eigenvalue weighted by Crippen LogP contribution is 2.28. The summed E-state index contributed by atoms with van der Waals surface area (Å²) in [6, 6.07) is 8.86. The molecule has 0 amide bonds. The van der Waals surface area contributed by atoms with Crippen molar-refractivity contribution in [1.82, 2.24) is 4.98 Å². The van der Waals surface area contributed by atoms with Gasteiger partial charge in [-0.15, -0.1) is 0 Å². The highest BCUT2D eigenvalue weighted by atomic mass is 32.2. The molecule has 2 heterocycles. The predicted molar refractivity (Wildman–Crippen MR) is 78.8 cm³/mol. The molecule has 112 valence electrons. The lowest BCUT2D eigenvalue weighted by molar-refractivity contribution is 0.173. The number of benzene rings is 1. The molecule has 0 fully saturated rings. The number of hydrogen-bond donors (Lipinski definition) is 2. The second kappa shape index (κ2) is 6.96. The van der Waals surface area contributed by atoms with Gasteiger partial charge in [0, 0.05) is 12.4 Å². The summed E-state index contributed by atoms with van der Waals surface area (Å²) in [6.45, 7) is 1.32. The normalized spacial score (nSPS) is 13.6. The average Bonchev–Trinajstić information content (AvgIpc) is 2.95. The van der Waals surface area contributed by atoms with Crippen LogP contribution < -0.4 is 9.47 Å². The van der Waals surface area contributed by atoms with Gasteiger partial charge in [0.25, 0.3) is 10.1 Å². The molecule has 0 unspecified atom stereocenters. The number of rotatable bonds is 2. The van der Waals surface area contributed by atoms with Crippen molar-refractivity contribution in [2.75, 3.05) is 13.2 Å². The van der Waals surface area contributed by atoms with Gasteiger partial charge in [0.15, 0.2) is 11.5 Å². The molecule has 21 heavy (non-hydrogen) atoms. The van der Waals surface area contributed by atoms with Crippen molar-refractivity contribution in [2.24, 2.45) is 0 Å². The molecular weight excluding hydrogens is 294 g/mol. The summed E-state index contributed by atoms with van der Waals surface area (Å²) in [7, 11) is -4.00. The molecule has 7 heteroatoms. The molecule has 1 aliphatic heterocycles. The van der Waals surface area contributed by atoms with Crippen LogP contribution in [0.1, 0.15) is 5.56 Å². The summed E-state index contributed by atoms with van der Waals surface area (Å²) < 4.78 is 39.3. The SMILES string of the molecule is O=S(=O)(O)C=Cc1ccccc1.c1[nH]cc2c1OCCO2. The van der Waals surface area contributed by atoms with E-state index in [1.807, 2.05) is 6.07 Å². The third-order valence-corrected chi connectivity index (χ3v) is 2.98. The van der Waals surface area contributed by atoms with Gasteiger partial charge in [-0.2, -0.15) is 8.42 Å². The zero-order valence-corrected chi connectivity index (χ0v) is 11.9. The Labute approximate surface area is 122 Å². The Morgan fingerprint density at radius 3 is 2.14 bits per heavy atom. The third-order valence-electron chi connectivity index (χ3n) is 2.50. The fourth-order valence-corrected chi connectivity index (χ4v) is 1.92. The lowest BCUT2D eigenvalue weighted by Gasteiger charge is -2.13. The van der Waals surface area contributed by atoms with Crippen LogP contribution in [-0.4, -0.2) is 31.2 Å². The standard InChI is InChI=1S/C8H8O3S.C6H7NO2/c9-12(10,11)7-6-8-4-2-1-3-5-8;1-2-9-6-4-7-3-5(6)8-1/h1-7H,(H,9,10,11);3-4,7H,1-2H2. The average molecular weight is 309 g/mol. The van der Waals surface area contributed by atoms with Crippen LogP contribution in [0.3, 0.4) is 0 Å². The zero-order valence-electron chi connectivity index (χ0n) is 11.1. The van der Waals surface area contributed by atoms with Crippen LogP contribution in [0.15, 0.2) is 48.1 Å². The number of H-pyrrole nitrogens is 1. The molecule has 0 atom stereocenters. The Morgan fingerprint density at radius 1 is 1.05 bits per heavy atom. The summed E-state index contributed by atoms with van der Waals surface area (Å²) in [6.07, 6.45) is 4.90. The van der Waals surface area contributed by atoms with E-state index in [1.54, 1.807) is 36.7 Å². The molecule has 2 aromatic rings. The second-order valence-electron chi connectivity index (χ2n) is 4.11. The van der Waals surface area contributed by atoms with E-state index in [0.29, 0.717) is 13.2 Å². The fraction of sp³-hybridized carbons (Fsp3) is 0.143. The van der Waals surface area contributed by atoms with Crippen LogP contribution in [0.5, 0.6) is 11.5 Å². The minimum absolute atomic E-state index is 0.658. The maximum atomic E-state index is 10.3. The van der Waals surface area contributed by atoms with Crippen LogP contribution in [0, 0.1) is 0 Å². The highest BCUT2D eigenvalue weighted by molar-refractivity contribution is 7.88. The smallest absolute Gasteiger partial charge is 0.287 e. The van der Waals surface area contributed by atoms with Crippen molar-refractivity contribution < 1.29 is 22.4 Å². The van der Waals surface area contributed by atoms with Crippen LogP contribution in [0.25, 0.3) is 6.08 Å². The molecule has 1 aliphatic rings. The van der Waals surface area contributed by atoms with Crippen molar-refractivity contribution in [3.05, 3.63) is 53.7 Å². The summed E-state index contributed by atoms with van der Waals surface area (Å²) in [5.74, 6) is 1.64. The van der Waals surface area contributed by atoms with Gasteiger partial charge < -0.3 is 14.5 Å². The Balaban J connectivity index is 0.000000159. The molecule has 3 rings (SSSR count). The number of ether oxygens (including phenoxy) is 2. The summed E-state index contributed by atoms with van der Waals surface area (Å²) in [4.78, 5) is 2.89. The largest absolute Gasteiger partial charge is 0.485 e. The van der Waals surface area contributed by atoms with E-state index in [9.17, 15) is 8.42 Å². The molecule has 2 N–H and O–H groups in total. The van der Waals surface area contributed by atoms with Crippen molar-refractivity contribution >= 4 is 16.2 Å². The Bertz CT molecular complexity index is 671. The molecule has 0 saturated carbocycles. The zero-order chi connectivity index (χ0) is 15.1. The van der Waals surface area contributed by atoms with Gasteiger partial charge in [-0.05, 0) is 11.6 Å². The lowest BCUT2D eigenvalue weighted by atomic mass is 10.2. The topological polar surface area (TPSA) is 88.6 Å². The number of hydrogen-bond acceptors (Lipinski definition) is 4. The van der Waals surface area contributed by atoms with E-state index in [0.717, 1.165) is 22.5 Å². The summed E-state index contributed by atoms with van der Waals surface area (Å²) in [5.41, 5.74) is 0.732. The monoisotopic (exact) mass is 309 g/mol. The van der Waals surface area contributed by atoms with Gasteiger partial charge in [-0.1, -0.05) is 30.3 Å². The Kier molecular flexibility index (Phi) is 5.02. The first kappa shape index (κ1) is 15.1. The van der Waals surface area contributed by atoms with Gasteiger partial charge in [0.1, 0.15) is 13.2 Å². The summed E-state index contributed by atoms with van der Waals surface area (Å²) in [5, 5.41) is 0.752. The van der Waals surface area contributed by atoms with E-state index in [1.165, 1.54) is 6.08 Å². The van der Waals surface area contributed by atoms with E-state index in [-0.39, 0.29) is 0 Å². The van der Waals surface area contributed by atoms with Gasteiger partial charge in [0.2, 0.25) is 0 Å². The molecular formula is C14H15NO5S. The van der Waals surface area contributed by atoms with Gasteiger partial charge in [-0.3, -0.25) is 4.55 Å². The van der Waals surface area contributed by atoms with E-state index in [2.05, 4.69) is 4.98 Å². The Morgan fingerprint density at radius 2 is 1.62 bits per heavy atom. The van der Waals surface area contributed by atoms with Crippen LogP contribution in [0.4, 0.5) is 0 Å². The first-order chi connectivity index (χ1) is 10.0. The number of nitrogens with one attached hydrogen (secondary N) is 1. The van der Waals surface area contributed by atoms with Gasteiger partial charge >= 0.3 is 0 Å². The van der Waals surface area contributed by atoms with Crippen molar-refractivity contribution in [1.29, 1.82) is 0 Å². The quantitative estimate of drug-likeness (QED) is 0.831. The third kappa shape index (κ3) is 5.33. The number of aromatic amines is 1. The predicted octanol–water partition coefficient (Wildman–Crippen LogP) is 2.33. The maximum absolute atomic E-state index is 10.3. The first-order valence-corrected chi connectivity index (χ1v) is 7.68. The molecule has 0 radical (unpaired) electrons. The number of fused-ring (bicyclic) bond motifs is 1. The molecule has 0 aliphatic carbocycles. The minimum atomic E-state index is -4.00. The van der Waals surface area contributed by atoms with Crippen LogP contribution >= 0.6 is 0 Å².